The van der Waals surface area contributed by atoms with Crippen molar-refractivity contribution in [3.63, 3.8) is 0 Å². The number of fused-ring (bicyclic) bond motifs is 1. The number of aromatic nitrogens is 2. The third kappa shape index (κ3) is 2.09. The number of anilines is 1. The molecule has 1 aliphatic rings. The Morgan fingerprint density at radius 3 is 2.73 bits per heavy atom. The molecule has 0 amide bonds. The Balaban J connectivity index is 1.89. The van der Waals surface area contributed by atoms with Crippen LogP contribution in [0.15, 0.2) is 48.5 Å². The largest absolute Gasteiger partial charge is 0.369 e. The van der Waals surface area contributed by atoms with Crippen LogP contribution < -0.4 is 5.32 Å². The molecule has 0 saturated carbocycles. The van der Waals surface area contributed by atoms with Crippen molar-refractivity contribution in [2.75, 3.05) is 11.9 Å². The average molecular weight is 310 g/mol. The van der Waals surface area contributed by atoms with Gasteiger partial charge in [-0.05, 0) is 31.0 Å². The lowest BCUT2D eigenvalue weighted by Gasteiger charge is -2.08. The molecule has 110 valence electrons. The Bertz CT molecular complexity index is 837. The fraction of sp³-hybridized carbons (Fsp3) is 0.167. The van der Waals surface area contributed by atoms with Crippen LogP contribution in [0.1, 0.15) is 11.1 Å². The van der Waals surface area contributed by atoms with Gasteiger partial charge in [-0.2, -0.15) is 5.10 Å². The van der Waals surface area contributed by atoms with Gasteiger partial charge in [-0.25, -0.2) is 4.68 Å². The van der Waals surface area contributed by atoms with Gasteiger partial charge in [-0.15, -0.1) is 0 Å². The molecule has 4 heteroatoms. The molecule has 1 N–H and O–H groups in total. The van der Waals surface area contributed by atoms with Gasteiger partial charge in [0.1, 0.15) is 5.82 Å². The van der Waals surface area contributed by atoms with Gasteiger partial charge in [0.05, 0.1) is 11.4 Å². The van der Waals surface area contributed by atoms with E-state index in [2.05, 4.69) is 23.5 Å². The lowest BCUT2D eigenvalue weighted by molar-refractivity contribution is 0.882. The van der Waals surface area contributed by atoms with Crippen LogP contribution in [-0.2, 0) is 6.42 Å². The van der Waals surface area contributed by atoms with Crippen LogP contribution in [0.25, 0.3) is 16.9 Å². The van der Waals surface area contributed by atoms with Crippen molar-refractivity contribution < 1.29 is 0 Å². The summed E-state index contributed by atoms with van der Waals surface area (Å²) in [5.74, 6) is 1.08. The predicted octanol–water partition coefficient (Wildman–Crippen LogP) is 4.47. The maximum absolute atomic E-state index is 6.28. The smallest absolute Gasteiger partial charge is 0.133 e. The zero-order valence-electron chi connectivity index (χ0n) is 12.3. The maximum atomic E-state index is 6.28. The maximum Gasteiger partial charge on any atom is 0.133 e. The molecule has 22 heavy (non-hydrogen) atoms. The van der Waals surface area contributed by atoms with E-state index in [1.807, 2.05) is 41.9 Å². The minimum atomic E-state index is 0.765. The van der Waals surface area contributed by atoms with Gasteiger partial charge in [0.25, 0.3) is 0 Å². The second kappa shape index (κ2) is 5.18. The first-order chi connectivity index (χ1) is 10.7. The van der Waals surface area contributed by atoms with Crippen LogP contribution >= 0.6 is 11.6 Å². The number of hydrogen-bond acceptors (Lipinski definition) is 2. The summed E-state index contributed by atoms with van der Waals surface area (Å²) in [6.45, 7) is 2.96. The summed E-state index contributed by atoms with van der Waals surface area (Å²) in [5.41, 5.74) is 5.55. The Morgan fingerprint density at radius 1 is 1.14 bits per heavy atom. The van der Waals surface area contributed by atoms with E-state index in [-0.39, 0.29) is 0 Å². The number of nitrogens with zero attached hydrogens (tertiary/aromatic N) is 2. The molecule has 0 spiro atoms. The van der Waals surface area contributed by atoms with Crippen molar-refractivity contribution in [3.05, 3.63) is 64.7 Å². The fourth-order valence-electron chi connectivity index (χ4n) is 2.90. The molecule has 0 unspecified atom stereocenters. The van der Waals surface area contributed by atoms with Crippen molar-refractivity contribution in [2.24, 2.45) is 0 Å². The van der Waals surface area contributed by atoms with Crippen molar-refractivity contribution in [1.29, 1.82) is 0 Å². The number of nitrogens with one attached hydrogen (secondary N) is 1. The number of benzene rings is 2. The summed E-state index contributed by atoms with van der Waals surface area (Å²) in [7, 11) is 0. The number of rotatable bonds is 2. The number of hydrogen-bond donors (Lipinski definition) is 1. The standard InChI is InChI=1S/C18H16ClN3/c1-12-7-8-14(11-16(12)19)22-18-15(9-10-20-18)17(21-22)13-5-3-2-4-6-13/h2-8,11,20H,9-10H2,1H3. The van der Waals surface area contributed by atoms with E-state index in [0.29, 0.717) is 0 Å². The van der Waals surface area contributed by atoms with Crippen molar-refractivity contribution in [2.45, 2.75) is 13.3 Å². The lowest BCUT2D eigenvalue weighted by Crippen LogP contribution is -2.04. The Kier molecular flexibility index (Phi) is 3.16. The molecule has 4 rings (SSSR count). The molecule has 1 aliphatic heterocycles. The molecular weight excluding hydrogens is 294 g/mol. The van der Waals surface area contributed by atoms with Gasteiger partial charge in [-0.3, -0.25) is 0 Å². The summed E-state index contributed by atoms with van der Waals surface area (Å²) in [6.07, 6.45) is 0.999. The fourth-order valence-corrected chi connectivity index (χ4v) is 3.08. The van der Waals surface area contributed by atoms with Crippen molar-refractivity contribution >= 4 is 17.4 Å². The van der Waals surface area contributed by atoms with Crippen molar-refractivity contribution in [1.82, 2.24) is 9.78 Å². The van der Waals surface area contributed by atoms with Crippen LogP contribution in [0.3, 0.4) is 0 Å². The quantitative estimate of drug-likeness (QED) is 0.757. The van der Waals surface area contributed by atoms with Gasteiger partial charge in [-0.1, -0.05) is 48.0 Å². The minimum Gasteiger partial charge on any atom is -0.369 e. The van der Waals surface area contributed by atoms with Crippen LogP contribution in [0.2, 0.25) is 5.02 Å². The summed E-state index contributed by atoms with van der Waals surface area (Å²) in [4.78, 5) is 0. The van der Waals surface area contributed by atoms with Crippen molar-refractivity contribution in [3.8, 4) is 16.9 Å². The molecule has 2 heterocycles. The van der Waals surface area contributed by atoms with Gasteiger partial charge < -0.3 is 5.32 Å². The third-order valence-electron chi connectivity index (χ3n) is 4.10. The predicted molar refractivity (Wildman–Crippen MR) is 90.9 cm³/mol. The molecule has 1 aromatic heterocycles. The molecule has 2 aromatic carbocycles. The summed E-state index contributed by atoms with van der Waals surface area (Å²) < 4.78 is 1.97. The Morgan fingerprint density at radius 2 is 1.95 bits per heavy atom. The van der Waals surface area contributed by atoms with Crippen LogP contribution in [0, 0.1) is 6.92 Å². The highest BCUT2D eigenvalue weighted by molar-refractivity contribution is 6.31. The van der Waals surface area contributed by atoms with Gasteiger partial charge >= 0.3 is 0 Å². The first-order valence-electron chi connectivity index (χ1n) is 7.42. The van der Waals surface area contributed by atoms with E-state index in [1.54, 1.807) is 0 Å². The highest BCUT2D eigenvalue weighted by atomic mass is 35.5. The van der Waals surface area contributed by atoms with E-state index in [9.17, 15) is 0 Å². The highest BCUT2D eigenvalue weighted by Crippen LogP contribution is 2.35. The van der Waals surface area contributed by atoms with E-state index in [0.717, 1.165) is 46.3 Å². The summed E-state index contributed by atoms with van der Waals surface area (Å²) in [5, 5.41) is 9.05. The molecule has 0 fully saturated rings. The Labute approximate surface area is 134 Å². The van der Waals surface area contributed by atoms with Gasteiger partial charge in [0, 0.05) is 22.7 Å². The Hall–Kier alpha value is -2.26. The normalized spacial score (nSPS) is 13.0. The van der Waals surface area contributed by atoms with E-state index in [1.165, 1.54) is 5.56 Å². The lowest BCUT2D eigenvalue weighted by atomic mass is 10.1. The number of halogens is 1. The average Bonchev–Trinajstić information content (AvgIpc) is 3.13. The molecule has 0 saturated heterocycles. The monoisotopic (exact) mass is 309 g/mol. The molecule has 0 aliphatic carbocycles. The molecule has 3 nitrogen and oxygen atoms in total. The molecule has 3 aromatic rings. The van der Waals surface area contributed by atoms with Crippen LogP contribution in [0.4, 0.5) is 5.82 Å². The zero-order chi connectivity index (χ0) is 15.1. The van der Waals surface area contributed by atoms with Gasteiger partial charge in [0.2, 0.25) is 0 Å². The minimum absolute atomic E-state index is 0.765. The summed E-state index contributed by atoms with van der Waals surface area (Å²) in [6, 6.07) is 16.4. The molecule has 0 atom stereocenters. The molecule has 0 radical (unpaired) electrons. The van der Waals surface area contributed by atoms with Crippen LogP contribution in [-0.4, -0.2) is 16.3 Å². The SMILES string of the molecule is Cc1ccc(-n2nc(-c3ccccc3)c3c2NCC3)cc1Cl. The zero-order valence-corrected chi connectivity index (χ0v) is 13.1. The van der Waals surface area contributed by atoms with E-state index in [4.69, 9.17) is 16.7 Å². The number of aryl methyl sites for hydroxylation is 1. The van der Waals surface area contributed by atoms with E-state index >= 15 is 0 Å². The second-order valence-corrected chi connectivity index (χ2v) is 5.97. The topological polar surface area (TPSA) is 29.9 Å². The van der Waals surface area contributed by atoms with Gasteiger partial charge in [0.15, 0.2) is 0 Å². The van der Waals surface area contributed by atoms with E-state index < -0.39 is 0 Å². The first kappa shape index (κ1) is 13.4. The highest BCUT2D eigenvalue weighted by Gasteiger charge is 2.23. The second-order valence-electron chi connectivity index (χ2n) is 5.56. The van der Waals surface area contributed by atoms with Crippen LogP contribution in [0.5, 0.6) is 0 Å². The third-order valence-corrected chi connectivity index (χ3v) is 4.51. The molecular formula is C18H16ClN3. The summed E-state index contributed by atoms with van der Waals surface area (Å²) >= 11 is 6.28. The molecule has 0 bridgehead atoms. The first-order valence-corrected chi connectivity index (χ1v) is 7.79.